The number of hydrogen-bond donors (Lipinski definition) is 2. The zero-order valence-corrected chi connectivity index (χ0v) is 14.2. The largest absolute Gasteiger partial charge is 0.449 e. The minimum absolute atomic E-state index is 0.293. The molecule has 0 aromatic heterocycles. The van der Waals surface area contributed by atoms with E-state index in [0.29, 0.717) is 23.5 Å². The SMILES string of the molecule is CCCNC(=O)C(C)OC(=O)c1ccccc1Nc1ccc(F)cc1. The van der Waals surface area contributed by atoms with Crippen molar-refractivity contribution in [3.63, 3.8) is 0 Å². The minimum Gasteiger partial charge on any atom is -0.449 e. The van der Waals surface area contributed by atoms with Gasteiger partial charge in [0, 0.05) is 12.2 Å². The van der Waals surface area contributed by atoms with Gasteiger partial charge in [-0.25, -0.2) is 9.18 Å². The van der Waals surface area contributed by atoms with Crippen molar-refractivity contribution in [1.82, 2.24) is 5.32 Å². The molecule has 2 aromatic rings. The molecule has 0 saturated heterocycles. The molecule has 0 bridgehead atoms. The monoisotopic (exact) mass is 344 g/mol. The van der Waals surface area contributed by atoms with Crippen molar-refractivity contribution in [3.05, 3.63) is 59.9 Å². The number of para-hydroxylation sites is 1. The van der Waals surface area contributed by atoms with Gasteiger partial charge in [0.05, 0.1) is 11.3 Å². The summed E-state index contributed by atoms with van der Waals surface area (Å²) in [6.07, 6.45) is -0.0884. The van der Waals surface area contributed by atoms with Gasteiger partial charge in [-0.3, -0.25) is 4.79 Å². The fraction of sp³-hybridized carbons (Fsp3) is 0.263. The summed E-state index contributed by atoms with van der Waals surface area (Å²) < 4.78 is 18.2. The molecule has 6 heteroatoms. The molecule has 5 nitrogen and oxygen atoms in total. The van der Waals surface area contributed by atoms with E-state index in [1.54, 1.807) is 36.4 Å². The smallest absolute Gasteiger partial charge is 0.341 e. The highest BCUT2D eigenvalue weighted by molar-refractivity contribution is 5.98. The molecular formula is C19H21FN2O3. The first-order valence-corrected chi connectivity index (χ1v) is 8.11. The third kappa shape index (κ3) is 5.31. The third-order valence-corrected chi connectivity index (χ3v) is 3.47. The van der Waals surface area contributed by atoms with Gasteiger partial charge >= 0.3 is 5.97 Å². The van der Waals surface area contributed by atoms with Crippen LogP contribution in [0.4, 0.5) is 15.8 Å². The van der Waals surface area contributed by atoms with Crippen LogP contribution in [0, 0.1) is 5.82 Å². The van der Waals surface area contributed by atoms with Gasteiger partial charge in [-0.2, -0.15) is 0 Å². The maximum absolute atomic E-state index is 13.0. The van der Waals surface area contributed by atoms with Gasteiger partial charge in [0.1, 0.15) is 5.82 Å². The number of carbonyl (C=O) groups is 2. The van der Waals surface area contributed by atoms with E-state index >= 15 is 0 Å². The van der Waals surface area contributed by atoms with Crippen LogP contribution in [0.3, 0.4) is 0 Å². The molecule has 1 amide bonds. The van der Waals surface area contributed by atoms with E-state index in [1.807, 2.05) is 6.92 Å². The maximum atomic E-state index is 13.0. The maximum Gasteiger partial charge on any atom is 0.341 e. The Morgan fingerprint density at radius 1 is 1.12 bits per heavy atom. The van der Waals surface area contributed by atoms with E-state index in [1.165, 1.54) is 19.1 Å². The van der Waals surface area contributed by atoms with Gasteiger partial charge in [0.15, 0.2) is 6.10 Å². The Balaban J connectivity index is 2.09. The van der Waals surface area contributed by atoms with Crippen LogP contribution in [0.25, 0.3) is 0 Å². The summed E-state index contributed by atoms with van der Waals surface area (Å²) in [5, 5.41) is 5.73. The standard InChI is InChI=1S/C19H21FN2O3/c1-3-12-21-18(23)13(2)25-19(24)16-6-4-5-7-17(16)22-15-10-8-14(20)9-11-15/h4-11,13,22H,3,12H2,1-2H3,(H,21,23). The summed E-state index contributed by atoms with van der Waals surface area (Å²) in [6.45, 7) is 4.00. The summed E-state index contributed by atoms with van der Waals surface area (Å²) in [5.74, 6) is -1.28. The number of halogens is 1. The van der Waals surface area contributed by atoms with Gasteiger partial charge in [-0.05, 0) is 49.7 Å². The Kier molecular flexibility index (Phi) is 6.51. The van der Waals surface area contributed by atoms with Crippen molar-refractivity contribution in [2.75, 3.05) is 11.9 Å². The van der Waals surface area contributed by atoms with Crippen molar-refractivity contribution < 1.29 is 18.7 Å². The lowest BCUT2D eigenvalue weighted by Crippen LogP contribution is -2.36. The number of rotatable bonds is 7. The lowest BCUT2D eigenvalue weighted by molar-refractivity contribution is -0.129. The van der Waals surface area contributed by atoms with Crippen LogP contribution in [0.5, 0.6) is 0 Å². The normalized spacial score (nSPS) is 11.5. The van der Waals surface area contributed by atoms with Crippen molar-refractivity contribution >= 4 is 23.3 Å². The molecule has 1 atom stereocenters. The fourth-order valence-corrected chi connectivity index (χ4v) is 2.13. The van der Waals surface area contributed by atoms with E-state index in [9.17, 15) is 14.0 Å². The van der Waals surface area contributed by atoms with Gasteiger partial charge in [-0.15, -0.1) is 0 Å². The number of nitrogens with one attached hydrogen (secondary N) is 2. The predicted octanol–water partition coefficient (Wildman–Crippen LogP) is 3.64. The lowest BCUT2D eigenvalue weighted by Gasteiger charge is -2.15. The predicted molar refractivity (Wildman–Crippen MR) is 94.3 cm³/mol. The molecule has 0 radical (unpaired) electrons. The second-order valence-corrected chi connectivity index (χ2v) is 5.52. The number of anilines is 2. The average molecular weight is 344 g/mol. The van der Waals surface area contributed by atoms with Crippen LogP contribution in [0.2, 0.25) is 0 Å². The number of ether oxygens (including phenoxy) is 1. The van der Waals surface area contributed by atoms with Crippen LogP contribution >= 0.6 is 0 Å². The third-order valence-electron chi connectivity index (χ3n) is 3.47. The van der Waals surface area contributed by atoms with Crippen molar-refractivity contribution in [3.8, 4) is 0 Å². The zero-order chi connectivity index (χ0) is 18.2. The van der Waals surface area contributed by atoms with Crippen molar-refractivity contribution in [2.45, 2.75) is 26.4 Å². The molecule has 25 heavy (non-hydrogen) atoms. The van der Waals surface area contributed by atoms with E-state index in [2.05, 4.69) is 10.6 Å². The zero-order valence-electron chi connectivity index (χ0n) is 14.2. The van der Waals surface area contributed by atoms with E-state index < -0.39 is 12.1 Å². The molecular weight excluding hydrogens is 323 g/mol. The molecule has 0 spiro atoms. The molecule has 0 fully saturated rings. The molecule has 2 N–H and O–H groups in total. The lowest BCUT2D eigenvalue weighted by atomic mass is 10.1. The highest BCUT2D eigenvalue weighted by Crippen LogP contribution is 2.22. The molecule has 0 aliphatic rings. The molecule has 2 rings (SSSR count). The summed E-state index contributed by atoms with van der Waals surface area (Å²) in [5.41, 5.74) is 1.44. The second kappa shape index (κ2) is 8.82. The minimum atomic E-state index is -0.891. The summed E-state index contributed by atoms with van der Waals surface area (Å²) in [6, 6.07) is 12.6. The first kappa shape index (κ1) is 18.4. The molecule has 2 aromatic carbocycles. The number of esters is 1. The first-order valence-electron chi connectivity index (χ1n) is 8.11. The molecule has 0 aliphatic carbocycles. The highest BCUT2D eigenvalue weighted by Gasteiger charge is 2.20. The Labute approximate surface area is 146 Å². The summed E-state index contributed by atoms with van der Waals surface area (Å²) in [4.78, 5) is 24.2. The molecule has 0 saturated carbocycles. The van der Waals surface area contributed by atoms with Gasteiger partial charge in [0.2, 0.25) is 0 Å². The quantitative estimate of drug-likeness (QED) is 0.753. The van der Waals surface area contributed by atoms with E-state index in [-0.39, 0.29) is 11.7 Å². The van der Waals surface area contributed by atoms with Gasteiger partial charge in [0.25, 0.3) is 5.91 Å². The second-order valence-electron chi connectivity index (χ2n) is 5.52. The van der Waals surface area contributed by atoms with Crippen molar-refractivity contribution in [2.24, 2.45) is 0 Å². The summed E-state index contributed by atoms with van der Waals surface area (Å²) in [7, 11) is 0. The number of benzene rings is 2. The molecule has 0 heterocycles. The van der Waals surface area contributed by atoms with Crippen LogP contribution < -0.4 is 10.6 Å². The number of hydrogen-bond acceptors (Lipinski definition) is 4. The average Bonchev–Trinajstić information content (AvgIpc) is 2.61. The van der Waals surface area contributed by atoms with Crippen LogP contribution in [0.15, 0.2) is 48.5 Å². The molecule has 132 valence electrons. The van der Waals surface area contributed by atoms with Crippen LogP contribution in [0.1, 0.15) is 30.6 Å². The van der Waals surface area contributed by atoms with Gasteiger partial charge < -0.3 is 15.4 Å². The highest BCUT2D eigenvalue weighted by atomic mass is 19.1. The van der Waals surface area contributed by atoms with Crippen molar-refractivity contribution in [1.29, 1.82) is 0 Å². The van der Waals surface area contributed by atoms with Gasteiger partial charge in [-0.1, -0.05) is 19.1 Å². The Bertz CT molecular complexity index is 732. The van der Waals surface area contributed by atoms with E-state index in [0.717, 1.165) is 6.42 Å². The van der Waals surface area contributed by atoms with Crippen LogP contribution in [-0.2, 0) is 9.53 Å². The number of amides is 1. The molecule has 0 aliphatic heterocycles. The number of carbonyl (C=O) groups excluding carboxylic acids is 2. The Morgan fingerprint density at radius 2 is 1.80 bits per heavy atom. The first-order chi connectivity index (χ1) is 12.0. The topological polar surface area (TPSA) is 67.4 Å². The Morgan fingerprint density at radius 3 is 2.48 bits per heavy atom. The summed E-state index contributed by atoms with van der Waals surface area (Å²) >= 11 is 0. The Hall–Kier alpha value is -2.89. The van der Waals surface area contributed by atoms with E-state index in [4.69, 9.17) is 4.74 Å². The fourth-order valence-electron chi connectivity index (χ4n) is 2.13. The molecule has 1 unspecified atom stereocenters. The van der Waals surface area contributed by atoms with Crippen LogP contribution in [-0.4, -0.2) is 24.5 Å².